The summed E-state index contributed by atoms with van der Waals surface area (Å²) in [6.45, 7) is 1.65. The summed E-state index contributed by atoms with van der Waals surface area (Å²) < 4.78 is 11.1. The van der Waals surface area contributed by atoms with E-state index in [-0.39, 0.29) is 5.91 Å². The monoisotopic (exact) mass is 331 g/mol. The Labute approximate surface area is 138 Å². The van der Waals surface area contributed by atoms with Gasteiger partial charge in [-0.25, -0.2) is 9.97 Å². The summed E-state index contributed by atoms with van der Waals surface area (Å²) in [7, 11) is 1.78. The summed E-state index contributed by atoms with van der Waals surface area (Å²) in [6.07, 6.45) is 3.33. The van der Waals surface area contributed by atoms with Gasteiger partial charge in [0, 0.05) is 26.0 Å². The average Bonchev–Trinajstić information content (AvgIpc) is 2.60. The van der Waals surface area contributed by atoms with Gasteiger partial charge in [0.2, 0.25) is 5.91 Å². The molecule has 7 heteroatoms. The van der Waals surface area contributed by atoms with Gasteiger partial charge in [0.15, 0.2) is 16.7 Å². The van der Waals surface area contributed by atoms with Crippen molar-refractivity contribution in [3.8, 4) is 11.5 Å². The molecule has 23 heavy (non-hydrogen) atoms. The number of thioether (sulfide) groups is 1. The molecule has 1 aromatic carbocycles. The molecule has 3 rings (SSSR count). The van der Waals surface area contributed by atoms with Crippen LogP contribution < -0.4 is 9.47 Å². The average molecular weight is 331 g/mol. The molecular formula is C16H17N3O3S. The van der Waals surface area contributed by atoms with Gasteiger partial charge in [-0.15, -0.1) is 0 Å². The number of fused-ring (bicyclic) bond motifs is 1. The minimum atomic E-state index is 0.0253. The fourth-order valence-corrected chi connectivity index (χ4v) is 2.89. The predicted octanol–water partition coefficient (Wildman–Crippen LogP) is 2.00. The minimum absolute atomic E-state index is 0.0253. The number of aromatic nitrogens is 2. The van der Waals surface area contributed by atoms with Crippen molar-refractivity contribution >= 4 is 17.7 Å². The van der Waals surface area contributed by atoms with Crippen molar-refractivity contribution in [2.75, 3.05) is 26.0 Å². The molecule has 1 aromatic heterocycles. The Morgan fingerprint density at radius 1 is 1.22 bits per heavy atom. The third-order valence-electron chi connectivity index (χ3n) is 3.32. The van der Waals surface area contributed by atoms with Crippen molar-refractivity contribution in [3.63, 3.8) is 0 Å². The van der Waals surface area contributed by atoms with Gasteiger partial charge in [0.05, 0.1) is 5.75 Å². The standard InChI is InChI=1S/C16H17N3O3S/c1-19(15(20)11-23-16-17-5-2-6-18-16)10-12-3-4-13-14(9-12)22-8-7-21-13/h2-6,9H,7-8,10-11H2,1H3. The van der Waals surface area contributed by atoms with Gasteiger partial charge in [-0.2, -0.15) is 0 Å². The third kappa shape index (κ3) is 4.13. The second-order valence-electron chi connectivity index (χ2n) is 5.05. The lowest BCUT2D eigenvalue weighted by Gasteiger charge is -2.21. The Hall–Kier alpha value is -2.28. The van der Waals surface area contributed by atoms with Crippen LogP contribution in [-0.2, 0) is 11.3 Å². The van der Waals surface area contributed by atoms with E-state index in [0.717, 1.165) is 17.1 Å². The predicted molar refractivity (Wildman–Crippen MR) is 86.7 cm³/mol. The molecule has 120 valence electrons. The molecular weight excluding hydrogens is 314 g/mol. The van der Waals surface area contributed by atoms with Crippen molar-refractivity contribution in [2.24, 2.45) is 0 Å². The molecule has 0 bridgehead atoms. The molecule has 0 saturated heterocycles. The number of rotatable bonds is 5. The van der Waals surface area contributed by atoms with E-state index in [1.807, 2.05) is 18.2 Å². The van der Waals surface area contributed by atoms with E-state index in [0.29, 0.717) is 30.7 Å². The highest BCUT2D eigenvalue weighted by atomic mass is 32.2. The lowest BCUT2D eigenvalue weighted by Crippen LogP contribution is -2.28. The maximum atomic E-state index is 12.2. The quantitative estimate of drug-likeness (QED) is 0.617. The second-order valence-corrected chi connectivity index (χ2v) is 5.99. The first-order valence-corrected chi connectivity index (χ1v) is 8.23. The lowest BCUT2D eigenvalue weighted by atomic mass is 10.2. The summed E-state index contributed by atoms with van der Waals surface area (Å²) in [6, 6.07) is 7.51. The highest BCUT2D eigenvalue weighted by molar-refractivity contribution is 7.99. The van der Waals surface area contributed by atoms with Crippen molar-refractivity contribution in [1.82, 2.24) is 14.9 Å². The number of amides is 1. The van der Waals surface area contributed by atoms with Crippen LogP contribution >= 0.6 is 11.8 Å². The molecule has 0 radical (unpaired) electrons. The summed E-state index contributed by atoms with van der Waals surface area (Å²) >= 11 is 1.33. The van der Waals surface area contributed by atoms with Crippen LogP contribution in [0.1, 0.15) is 5.56 Å². The zero-order valence-corrected chi connectivity index (χ0v) is 13.6. The first-order valence-electron chi connectivity index (χ1n) is 7.24. The maximum Gasteiger partial charge on any atom is 0.233 e. The first kappa shape index (κ1) is 15.6. The Kier molecular flexibility index (Phi) is 4.97. The Bertz CT molecular complexity index is 682. The number of carbonyl (C=O) groups is 1. The van der Waals surface area contributed by atoms with Crippen LogP contribution in [0.25, 0.3) is 0 Å². The molecule has 0 N–H and O–H groups in total. The van der Waals surface area contributed by atoms with Gasteiger partial charge in [0.1, 0.15) is 13.2 Å². The van der Waals surface area contributed by atoms with E-state index in [9.17, 15) is 4.79 Å². The van der Waals surface area contributed by atoms with E-state index in [1.165, 1.54) is 11.8 Å². The summed E-state index contributed by atoms with van der Waals surface area (Å²) in [5, 5.41) is 0.605. The van der Waals surface area contributed by atoms with Gasteiger partial charge in [-0.1, -0.05) is 17.8 Å². The number of hydrogen-bond acceptors (Lipinski definition) is 6. The number of ether oxygens (including phenoxy) is 2. The van der Waals surface area contributed by atoms with Crippen LogP contribution in [0.5, 0.6) is 11.5 Å². The SMILES string of the molecule is CN(Cc1ccc2c(c1)OCCO2)C(=O)CSc1ncccn1. The molecule has 1 aliphatic heterocycles. The molecule has 1 aliphatic rings. The fourth-order valence-electron chi connectivity index (χ4n) is 2.14. The number of hydrogen-bond donors (Lipinski definition) is 0. The Morgan fingerprint density at radius 2 is 1.96 bits per heavy atom. The highest BCUT2D eigenvalue weighted by Gasteiger charge is 2.14. The van der Waals surface area contributed by atoms with Gasteiger partial charge in [0.25, 0.3) is 0 Å². The van der Waals surface area contributed by atoms with E-state index >= 15 is 0 Å². The molecule has 0 atom stereocenters. The number of nitrogens with zero attached hydrogens (tertiary/aromatic N) is 3. The fraction of sp³-hybridized carbons (Fsp3) is 0.312. The van der Waals surface area contributed by atoms with Crippen molar-refractivity contribution in [2.45, 2.75) is 11.7 Å². The summed E-state index contributed by atoms with van der Waals surface area (Å²) in [4.78, 5) is 22.1. The molecule has 0 saturated carbocycles. The van der Waals surface area contributed by atoms with Gasteiger partial charge < -0.3 is 14.4 Å². The zero-order chi connectivity index (χ0) is 16.1. The molecule has 0 fully saturated rings. The molecule has 1 amide bonds. The van der Waals surface area contributed by atoms with Crippen LogP contribution in [0.15, 0.2) is 41.8 Å². The van der Waals surface area contributed by atoms with Crippen LogP contribution in [0.3, 0.4) is 0 Å². The largest absolute Gasteiger partial charge is 0.486 e. The molecule has 0 unspecified atom stereocenters. The van der Waals surface area contributed by atoms with Crippen LogP contribution in [-0.4, -0.2) is 46.8 Å². The second kappa shape index (κ2) is 7.32. The normalized spacial score (nSPS) is 12.7. The van der Waals surface area contributed by atoms with E-state index in [2.05, 4.69) is 9.97 Å². The molecule has 0 aliphatic carbocycles. The molecule has 6 nitrogen and oxygen atoms in total. The van der Waals surface area contributed by atoms with Gasteiger partial charge in [-0.05, 0) is 23.8 Å². The zero-order valence-electron chi connectivity index (χ0n) is 12.8. The van der Waals surface area contributed by atoms with Gasteiger partial charge >= 0.3 is 0 Å². The Balaban J connectivity index is 1.55. The number of benzene rings is 1. The van der Waals surface area contributed by atoms with E-state index in [1.54, 1.807) is 30.4 Å². The smallest absolute Gasteiger partial charge is 0.233 e. The van der Waals surface area contributed by atoms with Gasteiger partial charge in [-0.3, -0.25) is 4.79 Å². The molecule has 2 heterocycles. The number of carbonyl (C=O) groups excluding carboxylic acids is 1. The third-order valence-corrected chi connectivity index (χ3v) is 4.18. The summed E-state index contributed by atoms with van der Waals surface area (Å²) in [5.41, 5.74) is 1.01. The van der Waals surface area contributed by atoms with Crippen molar-refractivity contribution in [3.05, 3.63) is 42.2 Å². The van der Waals surface area contributed by atoms with Crippen molar-refractivity contribution < 1.29 is 14.3 Å². The molecule has 0 spiro atoms. The van der Waals surface area contributed by atoms with Crippen molar-refractivity contribution in [1.29, 1.82) is 0 Å². The van der Waals surface area contributed by atoms with Crippen LogP contribution in [0, 0.1) is 0 Å². The van der Waals surface area contributed by atoms with E-state index in [4.69, 9.17) is 9.47 Å². The first-order chi connectivity index (χ1) is 11.2. The highest BCUT2D eigenvalue weighted by Crippen LogP contribution is 2.31. The minimum Gasteiger partial charge on any atom is -0.486 e. The van der Waals surface area contributed by atoms with Crippen LogP contribution in [0.2, 0.25) is 0 Å². The topological polar surface area (TPSA) is 64.6 Å². The lowest BCUT2D eigenvalue weighted by molar-refractivity contribution is -0.127. The maximum absolute atomic E-state index is 12.2. The molecule has 2 aromatic rings. The van der Waals surface area contributed by atoms with Crippen LogP contribution in [0.4, 0.5) is 0 Å². The Morgan fingerprint density at radius 3 is 2.74 bits per heavy atom. The summed E-state index contributed by atoms with van der Waals surface area (Å²) in [5.74, 6) is 1.83. The van der Waals surface area contributed by atoms with E-state index < -0.39 is 0 Å².